The standard InChI is InChI=1S/C20H26FNO3/c1-3-25-18-13-17(23)20(18)8-10-22(11-9-20)19(24)14(2)12-15-4-6-16(21)7-5-15/h4-7,12,17-18,23H,3,8-11,13H2,1-2H3/b14-12+. The Bertz CT molecular complexity index is 645. The maximum atomic E-state index is 13.0. The van der Waals surface area contributed by atoms with Crippen molar-refractivity contribution in [1.82, 2.24) is 4.90 Å². The molecule has 5 heteroatoms. The monoisotopic (exact) mass is 347 g/mol. The molecule has 1 amide bonds. The zero-order chi connectivity index (χ0) is 18.0. The lowest BCUT2D eigenvalue weighted by atomic mass is 9.58. The van der Waals surface area contributed by atoms with Gasteiger partial charge in [0.2, 0.25) is 5.91 Å². The lowest BCUT2D eigenvalue weighted by molar-refractivity contribution is -0.209. The minimum atomic E-state index is -0.322. The van der Waals surface area contributed by atoms with Crippen LogP contribution in [0.2, 0.25) is 0 Å². The maximum absolute atomic E-state index is 13.0. The maximum Gasteiger partial charge on any atom is 0.249 e. The van der Waals surface area contributed by atoms with Gasteiger partial charge >= 0.3 is 0 Å². The summed E-state index contributed by atoms with van der Waals surface area (Å²) in [6, 6.07) is 6.10. The third-order valence-electron chi connectivity index (χ3n) is 5.68. The van der Waals surface area contributed by atoms with Crippen LogP contribution in [-0.4, -0.2) is 47.8 Å². The minimum Gasteiger partial charge on any atom is -0.392 e. The highest BCUT2D eigenvalue weighted by molar-refractivity contribution is 5.97. The van der Waals surface area contributed by atoms with Gasteiger partial charge in [-0.25, -0.2) is 4.39 Å². The van der Waals surface area contributed by atoms with E-state index < -0.39 is 0 Å². The van der Waals surface area contributed by atoms with E-state index in [1.54, 1.807) is 25.1 Å². The summed E-state index contributed by atoms with van der Waals surface area (Å²) in [4.78, 5) is 14.5. The number of piperidine rings is 1. The second-order valence-electron chi connectivity index (χ2n) is 7.10. The number of likely N-dealkylation sites (tertiary alicyclic amines) is 1. The summed E-state index contributed by atoms with van der Waals surface area (Å²) in [6.45, 7) is 5.68. The van der Waals surface area contributed by atoms with Crippen LogP contribution in [0.25, 0.3) is 6.08 Å². The van der Waals surface area contributed by atoms with Crippen molar-refractivity contribution in [2.75, 3.05) is 19.7 Å². The molecule has 136 valence electrons. The second kappa shape index (κ2) is 7.26. The lowest BCUT2D eigenvalue weighted by Crippen LogP contribution is -2.62. The highest BCUT2D eigenvalue weighted by atomic mass is 19.1. The van der Waals surface area contributed by atoms with Gasteiger partial charge in [0.05, 0.1) is 12.2 Å². The first-order valence-electron chi connectivity index (χ1n) is 8.99. The molecule has 1 aliphatic heterocycles. The number of aliphatic hydroxyl groups excluding tert-OH is 1. The molecule has 3 rings (SSSR count). The molecule has 2 fully saturated rings. The number of carbonyl (C=O) groups excluding carboxylic acids is 1. The summed E-state index contributed by atoms with van der Waals surface area (Å²) < 4.78 is 18.7. The molecule has 1 aromatic rings. The fraction of sp³-hybridized carbons (Fsp3) is 0.550. The Kier molecular flexibility index (Phi) is 5.25. The molecule has 1 saturated carbocycles. The highest BCUT2D eigenvalue weighted by Crippen LogP contribution is 2.51. The lowest BCUT2D eigenvalue weighted by Gasteiger charge is -2.56. The van der Waals surface area contributed by atoms with E-state index in [9.17, 15) is 14.3 Å². The molecule has 1 spiro atoms. The third kappa shape index (κ3) is 3.48. The summed E-state index contributed by atoms with van der Waals surface area (Å²) in [7, 11) is 0. The van der Waals surface area contributed by atoms with E-state index in [4.69, 9.17) is 4.74 Å². The summed E-state index contributed by atoms with van der Waals surface area (Å²) >= 11 is 0. The van der Waals surface area contributed by atoms with Crippen molar-refractivity contribution in [1.29, 1.82) is 0 Å². The van der Waals surface area contributed by atoms with E-state index in [2.05, 4.69) is 0 Å². The fourth-order valence-electron chi connectivity index (χ4n) is 4.06. The summed E-state index contributed by atoms with van der Waals surface area (Å²) in [6.07, 6.45) is 3.82. The molecule has 1 N–H and O–H groups in total. The van der Waals surface area contributed by atoms with Gasteiger partial charge < -0.3 is 14.7 Å². The number of rotatable bonds is 4. The van der Waals surface area contributed by atoms with Gasteiger partial charge in [-0.15, -0.1) is 0 Å². The van der Waals surface area contributed by atoms with Gasteiger partial charge in [-0.05, 0) is 50.5 Å². The molecule has 0 aromatic heterocycles. The number of nitrogens with zero attached hydrogens (tertiary/aromatic N) is 1. The van der Waals surface area contributed by atoms with Gasteiger partial charge in [-0.2, -0.15) is 0 Å². The Morgan fingerprint density at radius 2 is 2.00 bits per heavy atom. The van der Waals surface area contributed by atoms with Crippen molar-refractivity contribution in [3.8, 4) is 0 Å². The van der Waals surface area contributed by atoms with Crippen LogP contribution in [0.5, 0.6) is 0 Å². The zero-order valence-corrected chi connectivity index (χ0v) is 14.9. The fourth-order valence-corrected chi connectivity index (χ4v) is 4.06. The molecule has 4 nitrogen and oxygen atoms in total. The largest absolute Gasteiger partial charge is 0.392 e. The number of hydrogen-bond donors (Lipinski definition) is 1. The van der Waals surface area contributed by atoms with E-state index in [1.165, 1.54) is 12.1 Å². The van der Waals surface area contributed by atoms with Crippen molar-refractivity contribution in [2.45, 2.75) is 45.3 Å². The van der Waals surface area contributed by atoms with E-state index in [0.717, 1.165) is 18.4 Å². The van der Waals surface area contributed by atoms with Crippen LogP contribution in [0.15, 0.2) is 29.8 Å². The van der Waals surface area contributed by atoms with Crippen LogP contribution in [0, 0.1) is 11.2 Å². The molecule has 1 saturated heterocycles. The highest BCUT2D eigenvalue weighted by Gasteiger charge is 2.56. The van der Waals surface area contributed by atoms with Gasteiger partial charge in [0.15, 0.2) is 0 Å². The van der Waals surface area contributed by atoms with Crippen molar-refractivity contribution < 1.29 is 19.0 Å². The average Bonchev–Trinajstić information content (AvgIpc) is 2.63. The van der Waals surface area contributed by atoms with E-state index in [0.29, 0.717) is 31.7 Å². The van der Waals surface area contributed by atoms with Crippen LogP contribution < -0.4 is 0 Å². The molecule has 1 aromatic carbocycles. The number of halogens is 1. The minimum absolute atomic E-state index is 0.000878. The number of carbonyl (C=O) groups is 1. The number of amides is 1. The molecule has 2 aliphatic rings. The van der Waals surface area contributed by atoms with E-state index >= 15 is 0 Å². The predicted molar refractivity (Wildman–Crippen MR) is 94.3 cm³/mol. The first-order valence-corrected chi connectivity index (χ1v) is 8.99. The Morgan fingerprint density at radius 3 is 2.56 bits per heavy atom. The predicted octanol–water partition coefficient (Wildman–Crippen LogP) is 3.01. The Hall–Kier alpha value is -1.72. The van der Waals surface area contributed by atoms with Gasteiger partial charge in [0.1, 0.15) is 5.82 Å². The number of aliphatic hydroxyl groups is 1. The van der Waals surface area contributed by atoms with E-state index in [-0.39, 0.29) is 29.3 Å². The second-order valence-corrected chi connectivity index (χ2v) is 7.10. The van der Waals surface area contributed by atoms with Crippen molar-refractivity contribution >= 4 is 12.0 Å². The molecule has 2 unspecified atom stereocenters. The smallest absolute Gasteiger partial charge is 0.249 e. The Labute approximate surface area is 148 Å². The van der Waals surface area contributed by atoms with Crippen LogP contribution in [-0.2, 0) is 9.53 Å². The van der Waals surface area contributed by atoms with Crippen LogP contribution in [0.1, 0.15) is 38.7 Å². The molecule has 1 aliphatic carbocycles. The van der Waals surface area contributed by atoms with Crippen molar-refractivity contribution in [2.24, 2.45) is 5.41 Å². The molecular weight excluding hydrogens is 321 g/mol. The van der Waals surface area contributed by atoms with Gasteiger partial charge in [0, 0.05) is 37.1 Å². The van der Waals surface area contributed by atoms with Gasteiger partial charge in [-0.3, -0.25) is 4.79 Å². The first kappa shape index (κ1) is 18.1. The molecule has 1 heterocycles. The Balaban J connectivity index is 1.62. The quantitative estimate of drug-likeness (QED) is 0.852. The Morgan fingerprint density at radius 1 is 1.36 bits per heavy atom. The van der Waals surface area contributed by atoms with Crippen LogP contribution in [0.3, 0.4) is 0 Å². The number of benzene rings is 1. The summed E-state index contributed by atoms with van der Waals surface area (Å²) in [5, 5.41) is 10.2. The van der Waals surface area contributed by atoms with Gasteiger partial charge in [0.25, 0.3) is 0 Å². The topological polar surface area (TPSA) is 49.8 Å². The molecule has 0 radical (unpaired) electrons. The summed E-state index contributed by atoms with van der Waals surface area (Å²) in [5.41, 5.74) is 1.27. The van der Waals surface area contributed by atoms with Crippen molar-refractivity contribution in [3.63, 3.8) is 0 Å². The molecule has 25 heavy (non-hydrogen) atoms. The SMILES string of the molecule is CCOC1CC(O)C12CCN(C(=O)/C(C)=C/c1ccc(F)cc1)CC2. The van der Waals surface area contributed by atoms with Crippen molar-refractivity contribution in [3.05, 3.63) is 41.2 Å². The molecule has 0 bridgehead atoms. The first-order chi connectivity index (χ1) is 12.0. The third-order valence-corrected chi connectivity index (χ3v) is 5.68. The zero-order valence-electron chi connectivity index (χ0n) is 14.9. The summed E-state index contributed by atoms with van der Waals surface area (Å²) in [5.74, 6) is -0.286. The number of hydrogen-bond acceptors (Lipinski definition) is 3. The van der Waals surface area contributed by atoms with Gasteiger partial charge in [-0.1, -0.05) is 12.1 Å². The molecular formula is C20H26FNO3. The number of ether oxygens (including phenoxy) is 1. The van der Waals surface area contributed by atoms with E-state index in [1.807, 2.05) is 11.8 Å². The van der Waals surface area contributed by atoms with Crippen LogP contribution >= 0.6 is 0 Å². The molecule has 2 atom stereocenters. The average molecular weight is 347 g/mol. The normalized spacial score (nSPS) is 25.8. The van der Waals surface area contributed by atoms with Crippen LogP contribution in [0.4, 0.5) is 4.39 Å².